The lowest BCUT2D eigenvalue weighted by Gasteiger charge is -2.25. The van der Waals surface area contributed by atoms with Crippen LogP contribution in [0, 0.1) is 0 Å². The first-order valence-electron chi connectivity index (χ1n) is 17.2. The molecular weight excluding hydrogens is 836 g/mol. The molecule has 318 valence electrons. The molecule has 2 fully saturated rings. The molecule has 5 heterocycles. The second-order valence-electron chi connectivity index (χ2n) is 12.7. The van der Waals surface area contributed by atoms with E-state index in [0.29, 0.717) is 0 Å². The predicted octanol–water partition coefficient (Wildman–Crippen LogP) is -0.562. The Kier molecular flexibility index (Phi) is 14.9. The number of phosphoric acid groups is 2. The molecular formula is C30H41N9O16P2S. The van der Waals surface area contributed by atoms with Crippen LogP contribution in [-0.4, -0.2) is 122 Å². The molecule has 0 bridgehead atoms. The molecule has 9 N–H and O–H groups in total. The number of allylic oxidation sites excluding steroid dienone is 1. The van der Waals surface area contributed by atoms with Crippen LogP contribution in [0.5, 0.6) is 0 Å². The highest BCUT2D eigenvalue weighted by atomic mass is 32.2. The Hall–Kier alpha value is -4.17. The lowest BCUT2D eigenvalue weighted by Crippen LogP contribution is -2.46. The van der Waals surface area contributed by atoms with Crippen molar-refractivity contribution in [2.24, 2.45) is 0 Å². The number of hydrogen-bond acceptors (Lipinski definition) is 20. The number of aromatic nitrogens is 6. The number of imidazole rings is 1. The number of esters is 1. The molecule has 58 heavy (non-hydrogen) atoms. The van der Waals surface area contributed by atoms with Crippen molar-refractivity contribution in [1.29, 1.82) is 0 Å². The Morgan fingerprint density at radius 3 is 2.53 bits per heavy atom. The number of rotatable bonds is 19. The first kappa shape index (κ1) is 44.9. The van der Waals surface area contributed by atoms with Crippen molar-refractivity contribution in [3.63, 3.8) is 0 Å². The second kappa shape index (κ2) is 19.3. The van der Waals surface area contributed by atoms with Crippen LogP contribution in [0.4, 0.5) is 11.6 Å². The maximum absolute atomic E-state index is 13.7. The molecule has 0 radical (unpaired) electrons. The van der Waals surface area contributed by atoms with Gasteiger partial charge in [0, 0.05) is 25.5 Å². The van der Waals surface area contributed by atoms with E-state index in [1.54, 1.807) is 6.26 Å². The van der Waals surface area contributed by atoms with E-state index in [0.717, 1.165) is 22.7 Å². The third kappa shape index (κ3) is 11.5. The van der Waals surface area contributed by atoms with Crippen LogP contribution in [0.25, 0.3) is 11.2 Å². The van der Waals surface area contributed by atoms with Gasteiger partial charge in [-0.05, 0) is 25.2 Å². The fourth-order valence-electron chi connectivity index (χ4n) is 5.93. The van der Waals surface area contributed by atoms with E-state index >= 15 is 0 Å². The number of aliphatic hydroxyl groups is 1. The summed E-state index contributed by atoms with van der Waals surface area (Å²) in [7, 11) is -10.3. The Morgan fingerprint density at radius 1 is 1.10 bits per heavy atom. The summed E-state index contributed by atoms with van der Waals surface area (Å²) in [5.41, 5.74) is 10.8. The number of nitrogens with two attached hydrogens (primary N) is 2. The van der Waals surface area contributed by atoms with E-state index in [1.165, 1.54) is 29.2 Å². The number of anilines is 2. The van der Waals surface area contributed by atoms with Crippen molar-refractivity contribution in [2.75, 3.05) is 30.9 Å². The van der Waals surface area contributed by atoms with Crippen molar-refractivity contribution in [3.8, 4) is 0 Å². The predicted molar refractivity (Wildman–Crippen MR) is 199 cm³/mol. The number of thioether (sulfide) groups is 1. The number of fused-ring (bicyclic) bond motifs is 1. The summed E-state index contributed by atoms with van der Waals surface area (Å²) >= 11 is 0.914. The van der Waals surface area contributed by atoms with Gasteiger partial charge >= 0.3 is 27.3 Å². The van der Waals surface area contributed by atoms with Gasteiger partial charge in [0.15, 0.2) is 28.9 Å². The molecule has 3 aromatic rings. The molecule has 2 aliphatic heterocycles. The Morgan fingerprint density at radius 2 is 1.84 bits per heavy atom. The van der Waals surface area contributed by atoms with Gasteiger partial charge in [-0.25, -0.2) is 33.7 Å². The first-order valence-corrected chi connectivity index (χ1v) is 21.4. The fraction of sp³-hybridized carbons (Fsp3) is 0.533. The number of ether oxygens (including phenoxy) is 3. The zero-order valence-electron chi connectivity index (χ0n) is 30.5. The van der Waals surface area contributed by atoms with Gasteiger partial charge in [-0.15, -0.1) is 6.58 Å². The highest BCUT2D eigenvalue weighted by Gasteiger charge is 2.50. The van der Waals surface area contributed by atoms with E-state index in [2.05, 4.69) is 36.4 Å². The number of carbonyl (C=O) groups is 3. The largest absolute Gasteiger partial charge is 0.472 e. The number of amides is 1. The number of nitrogens with zero attached hydrogens (tertiary/aromatic N) is 6. The summed E-state index contributed by atoms with van der Waals surface area (Å²) < 4.78 is 59.7. The van der Waals surface area contributed by atoms with E-state index < -0.39 is 95.4 Å². The van der Waals surface area contributed by atoms with Crippen LogP contribution in [0.15, 0.2) is 42.4 Å². The van der Waals surface area contributed by atoms with Crippen LogP contribution in [0.2, 0.25) is 0 Å². The summed E-state index contributed by atoms with van der Waals surface area (Å²) in [4.78, 5) is 96.0. The molecule has 28 heteroatoms. The minimum Gasteiger partial charge on any atom is -0.455 e. The number of phosphoric ester groups is 2. The number of hydrogen-bond donors (Lipinski definition) is 7. The molecule has 3 aromatic heterocycles. The highest BCUT2D eigenvalue weighted by Crippen LogP contribution is 2.50. The first-order chi connectivity index (χ1) is 27.4. The van der Waals surface area contributed by atoms with Gasteiger partial charge in [-0.1, -0.05) is 17.8 Å². The van der Waals surface area contributed by atoms with Crippen molar-refractivity contribution in [3.05, 3.63) is 48.1 Å². The monoisotopic (exact) mass is 877 g/mol. The van der Waals surface area contributed by atoms with Crippen molar-refractivity contribution >= 4 is 67.2 Å². The molecule has 0 spiro atoms. The third-order valence-corrected chi connectivity index (χ3v) is 10.9. The zero-order valence-corrected chi connectivity index (χ0v) is 33.1. The van der Waals surface area contributed by atoms with Crippen LogP contribution in [-0.2, 0) is 51.3 Å². The van der Waals surface area contributed by atoms with Crippen molar-refractivity contribution in [2.45, 2.75) is 81.1 Å². The number of nitrogen functional groups attached to an aromatic ring is 2. The standard InChI is InChI=1S/C30H41N9O16P2S/c1-3-4-5-20(40)36-15(6-7-22(41)58-2)29(43)54-25-18(53-28(24(25)42)39-14-35-23-26(32)33-13-34-27(23)39)12-51-57(48,49)55-16-10-21(38-9-8-19(31)37-30(38)44)52-17(16)11-50-56(45,46)47/h3,8-9,13-18,21,24-25,28,42H,1,4-7,10-12H2,2H3,(H,36,40)(H,48,49)(H2,31,37,44)(H2,32,33,34)(H2,45,46,47)/t15-,16+,17-,18+,21-,24-,25-,28-/m1/s1. The highest BCUT2D eigenvalue weighted by molar-refractivity contribution is 8.13. The summed E-state index contributed by atoms with van der Waals surface area (Å²) in [6.45, 7) is 1.79. The minimum atomic E-state index is -5.23. The van der Waals surface area contributed by atoms with Gasteiger partial charge in [-0.3, -0.25) is 32.3 Å². The lowest BCUT2D eigenvalue weighted by molar-refractivity contribution is -0.160. The molecule has 25 nitrogen and oxygen atoms in total. The summed E-state index contributed by atoms with van der Waals surface area (Å²) in [6.07, 6.45) is -4.40. The van der Waals surface area contributed by atoms with Crippen LogP contribution in [0.1, 0.15) is 44.6 Å². The number of nitrogens with one attached hydrogen (secondary N) is 1. The molecule has 0 aliphatic carbocycles. The maximum atomic E-state index is 13.7. The van der Waals surface area contributed by atoms with E-state index in [1.807, 2.05) is 0 Å². The van der Waals surface area contributed by atoms with Gasteiger partial charge in [0.25, 0.3) is 0 Å². The van der Waals surface area contributed by atoms with Crippen LogP contribution in [0.3, 0.4) is 0 Å². The molecule has 5 rings (SSSR count). The quantitative estimate of drug-likeness (QED) is 0.0451. The Balaban J connectivity index is 1.37. The van der Waals surface area contributed by atoms with Crippen molar-refractivity contribution < 1.29 is 71.1 Å². The zero-order chi connectivity index (χ0) is 42.4. The van der Waals surface area contributed by atoms with Gasteiger partial charge in [0.05, 0.1) is 19.5 Å². The van der Waals surface area contributed by atoms with E-state index in [9.17, 15) is 48.1 Å². The molecule has 0 saturated carbocycles. The third-order valence-electron chi connectivity index (χ3n) is 8.70. The fourth-order valence-corrected chi connectivity index (χ4v) is 7.55. The second-order valence-corrected chi connectivity index (χ2v) is 16.2. The molecule has 9 atom stereocenters. The van der Waals surface area contributed by atoms with Gasteiger partial charge in [0.1, 0.15) is 54.3 Å². The summed E-state index contributed by atoms with van der Waals surface area (Å²) in [5, 5.41) is 13.8. The Labute approximate surface area is 332 Å². The number of aliphatic hydroxyl groups excluding tert-OH is 1. The van der Waals surface area contributed by atoms with E-state index in [4.69, 9.17) is 34.7 Å². The van der Waals surface area contributed by atoms with Crippen molar-refractivity contribution in [1.82, 2.24) is 34.4 Å². The average Bonchev–Trinajstić information content (AvgIpc) is 3.85. The number of carbonyl (C=O) groups excluding carboxylic acids is 3. The SMILES string of the molecule is C=CCCC(=O)N[C@H](CCC(=O)SC)C(=O)O[C@H]1[C@@H](O)[C@H](n2cnc3c(N)ncnc32)O[C@H]1COP(=O)(O)O[C@H]1C[C@H](n2ccc(N)nc2=O)O[C@@H]1COP(=O)(O)O. The lowest BCUT2D eigenvalue weighted by atomic mass is 10.1. The molecule has 2 aliphatic rings. The van der Waals surface area contributed by atoms with Gasteiger partial charge in [0.2, 0.25) is 5.91 Å². The molecule has 1 unspecified atom stereocenters. The average molecular weight is 878 g/mol. The summed E-state index contributed by atoms with van der Waals surface area (Å²) in [5.74, 6) is -1.76. The normalized spacial score (nSPS) is 24.9. The van der Waals surface area contributed by atoms with Gasteiger partial charge < -0.3 is 50.8 Å². The van der Waals surface area contributed by atoms with Crippen LogP contribution >= 0.6 is 27.4 Å². The van der Waals surface area contributed by atoms with Gasteiger partial charge in [-0.2, -0.15) is 4.98 Å². The Bertz CT molecular complexity index is 2140. The minimum absolute atomic E-state index is 0.00699. The molecule has 2 saturated heterocycles. The van der Waals surface area contributed by atoms with Crippen LogP contribution < -0.4 is 22.5 Å². The van der Waals surface area contributed by atoms with E-state index in [-0.39, 0.29) is 60.0 Å². The molecule has 1 amide bonds. The molecule has 0 aromatic carbocycles. The maximum Gasteiger partial charge on any atom is 0.472 e. The smallest absolute Gasteiger partial charge is 0.455 e. The topological polar surface area (TPSA) is 364 Å². The summed E-state index contributed by atoms with van der Waals surface area (Å²) in [6, 6.07) is -0.106.